The Bertz CT molecular complexity index is 423. The topological polar surface area (TPSA) is 41.5 Å². The Hall–Kier alpha value is -1.27. The van der Waals surface area contributed by atoms with E-state index in [0.717, 1.165) is 12.8 Å². The second kappa shape index (κ2) is 7.66. The highest BCUT2D eigenvalue weighted by atomic mass is 19.4. The van der Waals surface area contributed by atoms with Gasteiger partial charge in [0.25, 0.3) is 0 Å². The fraction of sp³-hybridized carbons (Fsp3) is 0.600. The number of nitrogens with one attached hydrogen (secondary N) is 1. The third-order valence-electron chi connectivity index (χ3n) is 3.80. The average molecular weight is 305 g/mol. The highest BCUT2D eigenvalue weighted by Crippen LogP contribution is 2.25. The van der Waals surface area contributed by atoms with E-state index < -0.39 is 6.36 Å². The minimum absolute atomic E-state index is 0.0875. The van der Waals surface area contributed by atoms with Crippen LogP contribution in [0, 0.1) is 5.41 Å². The van der Waals surface area contributed by atoms with Crippen LogP contribution in [0.3, 0.4) is 0 Å². The van der Waals surface area contributed by atoms with Gasteiger partial charge in [-0.2, -0.15) is 0 Å². The lowest BCUT2D eigenvalue weighted by molar-refractivity contribution is -0.274. The second-order valence-electron chi connectivity index (χ2n) is 5.16. The molecular formula is C15H22F3NO2. The molecule has 2 N–H and O–H groups in total. The van der Waals surface area contributed by atoms with E-state index in [4.69, 9.17) is 0 Å². The Morgan fingerprint density at radius 2 is 1.86 bits per heavy atom. The van der Waals surface area contributed by atoms with Crippen LogP contribution >= 0.6 is 0 Å². The standard InChI is InChI=1S/C15H22F3NO2/c1-3-14(4-2,11-20)10-19-9-12-6-5-7-13(8-12)21-15(16,17)18/h5-8,19-20H,3-4,9-11H2,1-2H3. The van der Waals surface area contributed by atoms with Crippen LogP contribution in [-0.2, 0) is 6.54 Å². The fourth-order valence-electron chi connectivity index (χ4n) is 2.10. The van der Waals surface area contributed by atoms with E-state index in [2.05, 4.69) is 10.1 Å². The molecule has 0 aliphatic heterocycles. The van der Waals surface area contributed by atoms with Crippen LogP contribution in [0.4, 0.5) is 13.2 Å². The number of halogens is 3. The summed E-state index contributed by atoms with van der Waals surface area (Å²) in [4.78, 5) is 0. The summed E-state index contributed by atoms with van der Waals surface area (Å²) in [5, 5.41) is 12.6. The molecule has 0 fully saturated rings. The molecule has 1 aromatic rings. The summed E-state index contributed by atoms with van der Waals surface area (Å²) >= 11 is 0. The molecule has 0 saturated heterocycles. The lowest BCUT2D eigenvalue weighted by Crippen LogP contribution is -2.36. The zero-order valence-corrected chi connectivity index (χ0v) is 12.3. The van der Waals surface area contributed by atoms with E-state index in [1.807, 2.05) is 13.8 Å². The molecule has 1 rings (SSSR count). The number of hydrogen-bond acceptors (Lipinski definition) is 3. The Labute approximate surface area is 123 Å². The molecule has 120 valence electrons. The Balaban J connectivity index is 2.58. The Morgan fingerprint density at radius 3 is 2.38 bits per heavy atom. The fourth-order valence-corrected chi connectivity index (χ4v) is 2.10. The van der Waals surface area contributed by atoms with Crippen molar-refractivity contribution in [2.24, 2.45) is 5.41 Å². The zero-order chi connectivity index (χ0) is 15.9. The highest BCUT2D eigenvalue weighted by molar-refractivity contribution is 5.28. The summed E-state index contributed by atoms with van der Waals surface area (Å²) in [6, 6.07) is 5.89. The molecule has 1 aromatic carbocycles. The summed E-state index contributed by atoms with van der Waals surface area (Å²) in [6.07, 6.45) is -3.00. The summed E-state index contributed by atoms with van der Waals surface area (Å²) in [6.45, 7) is 5.15. The Kier molecular flexibility index (Phi) is 6.48. The molecule has 0 spiro atoms. The van der Waals surface area contributed by atoms with Gasteiger partial charge in [0, 0.05) is 25.1 Å². The monoisotopic (exact) mass is 305 g/mol. The van der Waals surface area contributed by atoms with Crippen molar-refractivity contribution in [3.05, 3.63) is 29.8 Å². The molecule has 0 amide bonds. The van der Waals surface area contributed by atoms with Crippen LogP contribution in [0.5, 0.6) is 5.75 Å². The van der Waals surface area contributed by atoms with Gasteiger partial charge in [-0.1, -0.05) is 26.0 Å². The SMILES string of the molecule is CCC(CC)(CO)CNCc1cccc(OC(F)(F)F)c1. The van der Waals surface area contributed by atoms with Crippen molar-refractivity contribution in [1.29, 1.82) is 0 Å². The molecule has 0 aromatic heterocycles. The summed E-state index contributed by atoms with van der Waals surface area (Å²) in [5.41, 5.74) is 0.524. The van der Waals surface area contributed by atoms with Crippen molar-refractivity contribution in [1.82, 2.24) is 5.32 Å². The molecule has 0 aliphatic carbocycles. The van der Waals surface area contributed by atoms with Gasteiger partial charge >= 0.3 is 6.36 Å². The van der Waals surface area contributed by atoms with Gasteiger partial charge in [0.05, 0.1) is 0 Å². The third-order valence-corrected chi connectivity index (χ3v) is 3.80. The van der Waals surface area contributed by atoms with Gasteiger partial charge in [0.2, 0.25) is 0 Å². The molecule has 6 heteroatoms. The smallest absolute Gasteiger partial charge is 0.406 e. The van der Waals surface area contributed by atoms with E-state index in [9.17, 15) is 18.3 Å². The largest absolute Gasteiger partial charge is 0.573 e. The van der Waals surface area contributed by atoms with Crippen molar-refractivity contribution in [2.45, 2.75) is 39.6 Å². The van der Waals surface area contributed by atoms with Crippen molar-refractivity contribution in [3.8, 4) is 5.75 Å². The molecule has 21 heavy (non-hydrogen) atoms. The number of benzene rings is 1. The summed E-state index contributed by atoms with van der Waals surface area (Å²) < 4.78 is 40.3. The van der Waals surface area contributed by atoms with Crippen molar-refractivity contribution >= 4 is 0 Å². The third kappa shape index (κ3) is 5.93. The van der Waals surface area contributed by atoms with Gasteiger partial charge < -0.3 is 15.2 Å². The normalized spacial score (nSPS) is 12.5. The van der Waals surface area contributed by atoms with Gasteiger partial charge in [-0.3, -0.25) is 0 Å². The van der Waals surface area contributed by atoms with Gasteiger partial charge in [-0.25, -0.2) is 0 Å². The Morgan fingerprint density at radius 1 is 1.19 bits per heavy atom. The van der Waals surface area contributed by atoms with Crippen LogP contribution in [-0.4, -0.2) is 24.6 Å². The van der Waals surface area contributed by atoms with E-state index >= 15 is 0 Å². The lowest BCUT2D eigenvalue weighted by Gasteiger charge is -2.29. The van der Waals surface area contributed by atoms with E-state index in [0.29, 0.717) is 18.7 Å². The molecule has 0 atom stereocenters. The minimum Gasteiger partial charge on any atom is -0.406 e. The van der Waals surface area contributed by atoms with Gasteiger partial charge in [0.15, 0.2) is 0 Å². The molecule has 0 saturated carbocycles. The first-order chi connectivity index (χ1) is 9.84. The lowest BCUT2D eigenvalue weighted by atomic mass is 9.83. The maximum absolute atomic E-state index is 12.2. The van der Waals surface area contributed by atoms with Crippen LogP contribution < -0.4 is 10.1 Å². The number of aliphatic hydroxyl groups excluding tert-OH is 1. The predicted molar refractivity (Wildman–Crippen MR) is 74.9 cm³/mol. The van der Waals surface area contributed by atoms with Crippen LogP contribution in [0.25, 0.3) is 0 Å². The van der Waals surface area contributed by atoms with Gasteiger partial charge in [0.1, 0.15) is 5.75 Å². The number of ether oxygens (including phenoxy) is 1. The second-order valence-corrected chi connectivity index (χ2v) is 5.16. The molecule has 0 aliphatic rings. The molecule has 0 radical (unpaired) electrons. The maximum atomic E-state index is 12.2. The van der Waals surface area contributed by atoms with Gasteiger partial charge in [-0.15, -0.1) is 13.2 Å². The predicted octanol–water partition coefficient (Wildman–Crippen LogP) is 3.47. The number of aliphatic hydroxyl groups is 1. The quantitative estimate of drug-likeness (QED) is 0.772. The average Bonchev–Trinajstić information content (AvgIpc) is 2.43. The molecule has 0 heterocycles. The molecular weight excluding hydrogens is 283 g/mol. The van der Waals surface area contributed by atoms with E-state index in [-0.39, 0.29) is 17.8 Å². The number of hydrogen-bond donors (Lipinski definition) is 2. The van der Waals surface area contributed by atoms with Crippen LogP contribution in [0.15, 0.2) is 24.3 Å². The van der Waals surface area contributed by atoms with Crippen molar-refractivity contribution in [2.75, 3.05) is 13.2 Å². The van der Waals surface area contributed by atoms with E-state index in [1.165, 1.54) is 18.2 Å². The van der Waals surface area contributed by atoms with E-state index in [1.54, 1.807) is 6.07 Å². The summed E-state index contributed by atoms with van der Waals surface area (Å²) in [5.74, 6) is -0.221. The van der Waals surface area contributed by atoms with Gasteiger partial charge in [-0.05, 0) is 30.5 Å². The number of alkyl halides is 3. The highest BCUT2D eigenvalue weighted by Gasteiger charge is 2.31. The molecule has 3 nitrogen and oxygen atoms in total. The number of rotatable bonds is 8. The first-order valence-electron chi connectivity index (χ1n) is 7.00. The maximum Gasteiger partial charge on any atom is 0.573 e. The van der Waals surface area contributed by atoms with Crippen LogP contribution in [0.2, 0.25) is 0 Å². The first-order valence-corrected chi connectivity index (χ1v) is 7.00. The molecule has 0 unspecified atom stereocenters. The molecule has 0 bridgehead atoms. The summed E-state index contributed by atoms with van der Waals surface area (Å²) in [7, 11) is 0. The first kappa shape index (κ1) is 17.8. The zero-order valence-electron chi connectivity index (χ0n) is 12.3. The minimum atomic E-state index is -4.68. The van der Waals surface area contributed by atoms with Crippen LogP contribution in [0.1, 0.15) is 32.3 Å². The van der Waals surface area contributed by atoms with Crippen molar-refractivity contribution < 1.29 is 23.0 Å². The van der Waals surface area contributed by atoms with Crippen molar-refractivity contribution in [3.63, 3.8) is 0 Å².